The minimum atomic E-state index is 0.691. The third-order valence-corrected chi connectivity index (χ3v) is 14.5. The van der Waals surface area contributed by atoms with Crippen LogP contribution in [-0.2, 0) is 0 Å². The third-order valence-electron chi connectivity index (χ3n) is 14.5. The van der Waals surface area contributed by atoms with E-state index >= 15 is 0 Å². The zero-order valence-corrected chi connectivity index (χ0v) is 29.4. The van der Waals surface area contributed by atoms with Crippen molar-refractivity contribution in [2.75, 3.05) is 13.1 Å². The second kappa shape index (κ2) is 16.7. The van der Waals surface area contributed by atoms with E-state index in [-0.39, 0.29) is 0 Å². The van der Waals surface area contributed by atoms with Crippen molar-refractivity contribution in [3.8, 4) is 0 Å². The Kier molecular flexibility index (Phi) is 12.4. The van der Waals surface area contributed by atoms with Crippen LogP contribution in [0.1, 0.15) is 136 Å². The van der Waals surface area contributed by atoms with Gasteiger partial charge in [0.25, 0.3) is 0 Å². The topological polar surface area (TPSA) is 12.0 Å². The van der Waals surface area contributed by atoms with Crippen LogP contribution in [0.5, 0.6) is 0 Å². The molecule has 1 heterocycles. The molecule has 250 valence electrons. The molecule has 0 amide bonds. The molecule has 1 nitrogen and oxygen atoms in total. The highest BCUT2D eigenvalue weighted by molar-refractivity contribution is 5.21. The minimum absolute atomic E-state index is 0.691. The Balaban J connectivity index is 1.01. The molecule has 45 heavy (non-hydrogen) atoms. The van der Waals surface area contributed by atoms with Crippen LogP contribution < -0.4 is 5.32 Å². The first kappa shape index (κ1) is 33.6. The van der Waals surface area contributed by atoms with Gasteiger partial charge < -0.3 is 5.32 Å². The number of hydrogen-bond acceptors (Lipinski definition) is 1. The Labute approximate surface area is 278 Å². The van der Waals surface area contributed by atoms with Crippen molar-refractivity contribution < 1.29 is 0 Å². The Morgan fingerprint density at radius 3 is 2.38 bits per heavy atom. The second-order valence-electron chi connectivity index (χ2n) is 16.8. The fraction of sp³-hybridized carbons (Fsp3) is 0.773. The molecule has 9 unspecified atom stereocenters. The number of rotatable bonds is 11. The quantitative estimate of drug-likeness (QED) is 0.229. The van der Waals surface area contributed by atoms with Crippen LogP contribution in [-0.4, -0.2) is 13.1 Å². The molecular formula is C44H69N. The van der Waals surface area contributed by atoms with E-state index in [0.717, 1.165) is 72.3 Å². The normalized spacial score (nSPS) is 39.3. The monoisotopic (exact) mass is 612 g/mol. The molecule has 5 aliphatic carbocycles. The van der Waals surface area contributed by atoms with Gasteiger partial charge in [0.15, 0.2) is 0 Å². The molecule has 3 fully saturated rings. The van der Waals surface area contributed by atoms with Gasteiger partial charge >= 0.3 is 0 Å². The lowest BCUT2D eigenvalue weighted by Crippen LogP contribution is -2.37. The first-order valence-corrected chi connectivity index (χ1v) is 20.1. The van der Waals surface area contributed by atoms with Crippen LogP contribution in [0.25, 0.3) is 0 Å². The lowest BCUT2D eigenvalue weighted by molar-refractivity contribution is 0.0636. The van der Waals surface area contributed by atoms with E-state index in [1.54, 1.807) is 5.57 Å². The maximum Gasteiger partial charge on any atom is 0.0170 e. The van der Waals surface area contributed by atoms with Gasteiger partial charge in [-0.25, -0.2) is 0 Å². The van der Waals surface area contributed by atoms with E-state index in [9.17, 15) is 0 Å². The van der Waals surface area contributed by atoms with Gasteiger partial charge in [-0.15, -0.1) is 6.58 Å². The first-order valence-electron chi connectivity index (χ1n) is 20.1. The van der Waals surface area contributed by atoms with E-state index in [2.05, 4.69) is 68.3 Å². The summed E-state index contributed by atoms with van der Waals surface area (Å²) in [5.74, 6) is 9.49. The maximum absolute atomic E-state index is 4.51. The second-order valence-corrected chi connectivity index (χ2v) is 16.8. The van der Waals surface area contributed by atoms with Crippen molar-refractivity contribution in [3.63, 3.8) is 0 Å². The van der Waals surface area contributed by atoms with Crippen molar-refractivity contribution in [2.45, 2.75) is 136 Å². The molecule has 0 bridgehead atoms. The summed E-state index contributed by atoms with van der Waals surface area (Å²) in [4.78, 5) is 0. The van der Waals surface area contributed by atoms with E-state index < -0.39 is 0 Å². The van der Waals surface area contributed by atoms with Gasteiger partial charge in [-0.05, 0) is 168 Å². The minimum Gasteiger partial charge on any atom is -0.310 e. The molecule has 1 aliphatic heterocycles. The van der Waals surface area contributed by atoms with Gasteiger partial charge in [0.1, 0.15) is 0 Å². The maximum atomic E-state index is 4.51. The van der Waals surface area contributed by atoms with Crippen LogP contribution in [0.15, 0.2) is 60.3 Å². The number of nitrogens with one attached hydrogen (secondary N) is 1. The Morgan fingerprint density at radius 2 is 1.69 bits per heavy atom. The average molecular weight is 612 g/mol. The summed E-state index contributed by atoms with van der Waals surface area (Å²) in [6, 6.07) is 0. The summed E-state index contributed by atoms with van der Waals surface area (Å²) in [6.45, 7) is 11.6. The molecule has 3 saturated carbocycles. The van der Waals surface area contributed by atoms with Crippen molar-refractivity contribution >= 4 is 0 Å². The Morgan fingerprint density at radius 1 is 0.844 bits per heavy atom. The number of hydrogen-bond donors (Lipinski definition) is 1. The molecule has 0 saturated heterocycles. The summed E-state index contributed by atoms with van der Waals surface area (Å²) in [6.07, 6.45) is 44.9. The van der Waals surface area contributed by atoms with Crippen LogP contribution in [0.2, 0.25) is 0 Å². The molecule has 0 aromatic carbocycles. The fourth-order valence-corrected chi connectivity index (χ4v) is 11.8. The number of allylic oxidation sites excluding steroid dienone is 7. The Hall–Kier alpha value is -1.34. The van der Waals surface area contributed by atoms with Gasteiger partial charge in [0.05, 0.1) is 0 Å². The predicted octanol–water partition coefficient (Wildman–Crippen LogP) is 12.0. The zero-order valence-electron chi connectivity index (χ0n) is 29.4. The van der Waals surface area contributed by atoms with Gasteiger partial charge in [-0.3, -0.25) is 0 Å². The summed E-state index contributed by atoms with van der Waals surface area (Å²) in [5, 5.41) is 3.52. The highest BCUT2D eigenvalue weighted by Gasteiger charge is 2.41. The molecule has 1 N–H and O–H groups in total. The van der Waals surface area contributed by atoms with Gasteiger partial charge in [0.2, 0.25) is 0 Å². The van der Waals surface area contributed by atoms with Gasteiger partial charge in [0, 0.05) is 13.1 Å². The van der Waals surface area contributed by atoms with Crippen LogP contribution in [0, 0.1) is 65.1 Å². The average Bonchev–Trinajstić information content (AvgIpc) is 3.65. The predicted molar refractivity (Wildman–Crippen MR) is 195 cm³/mol. The zero-order chi connectivity index (χ0) is 31.0. The third kappa shape index (κ3) is 8.39. The highest BCUT2D eigenvalue weighted by Crippen LogP contribution is 2.50. The van der Waals surface area contributed by atoms with Crippen molar-refractivity contribution in [1.29, 1.82) is 0 Å². The largest absolute Gasteiger partial charge is 0.310 e. The summed E-state index contributed by atoms with van der Waals surface area (Å²) in [5.41, 5.74) is 3.53. The summed E-state index contributed by atoms with van der Waals surface area (Å²) < 4.78 is 0. The molecule has 9 atom stereocenters. The lowest BCUT2D eigenvalue weighted by atomic mass is 9.59. The van der Waals surface area contributed by atoms with E-state index in [0.29, 0.717) is 5.92 Å². The van der Waals surface area contributed by atoms with Crippen molar-refractivity contribution in [1.82, 2.24) is 5.32 Å². The lowest BCUT2D eigenvalue weighted by Gasteiger charge is -2.46. The van der Waals surface area contributed by atoms with Gasteiger partial charge in [-0.2, -0.15) is 0 Å². The first-order chi connectivity index (χ1) is 22.1. The van der Waals surface area contributed by atoms with Gasteiger partial charge in [-0.1, -0.05) is 86.3 Å². The standard InChI is InChI=1S/C44H69N/c1-4-6-7-11-33-12-10-13-40(30-33)37-24-26-39(27-25-37)42(5-2)44-15-9-8-14-43(44)32(3)34-16-18-35(19-17-34)36-20-22-38(23-21-36)41-28-29-45-31-41/h4-6,20,24,26,28,32-35,37-40,42-45H,2,7-19,21-23,25,27,29-31H2,1,3H3/b6-4-. The smallest absolute Gasteiger partial charge is 0.0170 e. The van der Waals surface area contributed by atoms with Crippen LogP contribution >= 0.6 is 0 Å². The SMILES string of the molecule is C=CC(C1C=CC(C2CCCC(CC/C=C\C)C2)CC1)C1CCCCC1C(C)C1CCC(C2=CCC(C3=CCNC3)CC2)CC1. The van der Waals surface area contributed by atoms with E-state index in [1.165, 1.54) is 122 Å². The molecule has 0 aromatic heterocycles. The van der Waals surface area contributed by atoms with E-state index in [4.69, 9.17) is 0 Å². The molecule has 6 aliphatic rings. The fourth-order valence-electron chi connectivity index (χ4n) is 11.8. The van der Waals surface area contributed by atoms with Crippen molar-refractivity contribution in [2.24, 2.45) is 65.1 Å². The highest BCUT2D eigenvalue weighted by atomic mass is 14.9. The summed E-state index contributed by atoms with van der Waals surface area (Å²) >= 11 is 0. The molecule has 0 spiro atoms. The summed E-state index contributed by atoms with van der Waals surface area (Å²) in [7, 11) is 0. The van der Waals surface area contributed by atoms with E-state index in [1.807, 2.05) is 5.57 Å². The van der Waals surface area contributed by atoms with Crippen LogP contribution in [0.4, 0.5) is 0 Å². The molecule has 6 rings (SSSR count). The molecular weight excluding hydrogens is 542 g/mol. The molecule has 1 heteroatoms. The molecule has 0 radical (unpaired) electrons. The molecule has 0 aromatic rings. The Bertz CT molecular complexity index is 1050. The van der Waals surface area contributed by atoms with Crippen LogP contribution in [0.3, 0.4) is 0 Å². The van der Waals surface area contributed by atoms with Crippen molar-refractivity contribution in [3.05, 3.63) is 60.3 Å².